The second-order valence-corrected chi connectivity index (χ2v) is 6.14. The summed E-state index contributed by atoms with van der Waals surface area (Å²) < 4.78 is 0. The van der Waals surface area contributed by atoms with E-state index in [9.17, 15) is 14.7 Å². The first kappa shape index (κ1) is 17.8. The van der Waals surface area contributed by atoms with Crippen LogP contribution in [0.3, 0.4) is 0 Å². The lowest BCUT2D eigenvalue weighted by molar-refractivity contribution is -0.148. The number of aliphatic carboxylic acids is 1. The van der Waals surface area contributed by atoms with E-state index in [1.165, 1.54) is 0 Å². The molecule has 1 aliphatic rings. The Morgan fingerprint density at radius 2 is 1.90 bits per heavy atom. The minimum Gasteiger partial charge on any atom is -0.481 e. The predicted octanol–water partition coefficient (Wildman–Crippen LogP) is 1.66. The average molecular weight is 299 g/mol. The van der Waals surface area contributed by atoms with Gasteiger partial charge in [0.2, 0.25) is 0 Å². The summed E-state index contributed by atoms with van der Waals surface area (Å²) in [5.74, 6) is -0.795. The maximum atomic E-state index is 11.8. The van der Waals surface area contributed by atoms with E-state index in [2.05, 4.69) is 29.4 Å². The topological polar surface area (TPSA) is 81.7 Å². The van der Waals surface area contributed by atoms with Gasteiger partial charge in [0.05, 0.1) is 5.41 Å². The second-order valence-electron chi connectivity index (χ2n) is 6.14. The lowest BCUT2D eigenvalue weighted by Crippen LogP contribution is -2.46. The minimum atomic E-state index is -0.795. The van der Waals surface area contributed by atoms with Crippen LogP contribution in [0.4, 0.5) is 4.79 Å². The van der Waals surface area contributed by atoms with E-state index >= 15 is 0 Å². The molecule has 0 heterocycles. The predicted molar refractivity (Wildman–Crippen MR) is 82.3 cm³/mol. The molecule has 2 amide bonds. The van der Waals surface area contributed by atoms with Crippen LogP contribution in [0.25, 0.3) is 0 Å². The van der Waals surface area contributed by atoms with Gasteiger partial charge in [-0.05, 0) is 33.2 Å². The van der Waals surface area contributed by atoms with Crippen LogP contribution in [0.1, 0.15) is 46.0 Å². The second kappa shape index (κ2) is 8.22. The third kappa shape index (κ3) is 5.19. The van der Waals surface area contributed by atoms with Crippen molar-refractivity contribution in [1.29, 1.82) is 0 Å². The van der Waals surface area contributed by atoms with Crippen molar-refractivity contribution < 1.29 is 14.7 Å². The molecule has 0 saturated heterocycles. The molecule has 0 aromatic heterocycles. The van der Waals surface area contributed by atoms with Crippen LogP contribution in [0.15, 0.2) is 0 Å². The number of urea groups is 1. The van der Waals surface area contributed by atoms with Crippen molar-refractivity contribution in [3.8, 4) is 0 Å². The van der Waals surface area contributed by atoms with E-state index in [4.69, 9.17) is 0 Å². The Balaban J connectivity index is 2.26. The van der Waals surface area contributed by atoms with Gasteiger partial charge in [0.25, 0.3) is 0 Å². The van der Waals surface area contributed by atoms with Gasteiger partial charge >= 0.3 is 12.0 Å². The lowest BCUT2D eigenvalue weighted by Gasteiger charge is -2.25. The molecule has 1 atom stereocenters. The number of hydrogen-bond acceptors (Lipinski definition) is 3. The van der Waals surface area contributed by atoms with Crippen molar-refractivity contribution in [3.63, 3.8) is 0 Å². The van der Waals surface area contributed by atoms with Gasteiger partial charge in [-0.15, -0.1) is 0 Å². The van der Waals surface area contributed by atoms with Crippen molar-refractivity contribution in [3.05, 3.63) is 0 Å². The molecule has 1 fully saturated rings. The summed E-state index contributed by atoms with van der Waals surface area (Å²) in [6, 6.07) is 0.212. The number of amides is 2. The molecule has 21 heavy (non-hydrogen) atoms. The number of likely N-dealkylation sites (N-methyl/N-ethyl adjacent to an activating group) is 1. The SMILES string of the molecule is CCC(C)N(C)CCNC(=O)NCC1(C(=O)O)CCCC1. The minimum absolute atomic E-state index is 0.218. The number of carbonyl (C=O) groups is 2. The zero-order chi connectivity index (χ0) is 15.9. The van der Waals surface area contributed by atoms with Crippen LogP contribution < -0.4 is 10.6 Å². The number of nitrogens with one attached hydrogen (secondary N) is 2. The molecule has 3 N–H and O–H groups in total. The molecule has 0 spiro atoms. The molecule has 0 aliphatic heterocycles. The van der Waals surface area contributed by atoms with E-state index in [1.807, 2.05) is 7.05 Å². The standard InChI is InChI=1S/C15H29N3O3/c1-4-12(2)18(3)10-9-16-14(21)17-11-15(13(19)20)7-5-6-8-15/h12H,4-11H2,1-3H3,(H,19,20)(H2,16,17,21). The fourth-order valence-electron chi connectivity index (χ4n) is 2.71. The number of nitrogens with zero attached hydrogens (tertiary/aromatic N) is 1. The van der Waals surface area contributed by atoms with Gasteiger partial charge in [0.1, 0.15) is 0 Å². The molecule has 1 unspecified atom stereocenters. The van der Waals surface area contributed by atoms with Crippen molar-refractivity contribution in [1.82, 2.24) is 15.5 Å². The molecular weight excluding hydrogens is 270 g/mol. The summed E-state index contributed by atoms with van der Waals surface area (Å²) in [4.78, 5) is 25.3. The molecule has 0 aromatic rings. The summed E-state index contributed by atoms with van der Waals surface area (Å²) in [6.07, 6.45) is 4.23. The molecule has 0 radical (unpaired) electrons. The highest BCUT2D eigenvalue weighted by Crippen LogP contribution is 2.37. The van der Waals surface area contributed by atoms with Crippen molar-refractivity contribution in [2.75, 3.05) is 26.7 Å². The van der Waals surface area contributed by atoms with Crippen LogP contribution >= 0.6 is 0 Å². The fraction of sp³-hybridized carbons (Fsp3) is 0.867. The third-order valence-corrected chi connectivity index (χ3v) is 4.70. The first-order chi connectivity index (χ1) is 9.91. The summed E-state index contributed by atoms with van der Waals surface area (Å²) in [5.41, 5.74) is -0.759. The first-order valence-electron chi connectivity index (χ1n) is 7.86. The van der Waals surface area contributed by atoms with Gasteiger partial charge in [-0.1, -0.05) is 19.8 Å². The van der Waals surface area contributed by atoms with E-state index in [0.29, 0.717) is 25.4 Å². The first-order valence-corrected chi connectivity index (χ1v) is 7.86. The van der Waals surface area contributed by atoms with Gasteiger partial charge in [-0.3, -0.25) is 4.79 Å². The van der Waals surface area contributed by atoms with Crippen molar-refractivity contribution in [2.24, 2.45) is 5.41 Å². The Hall–Kier alpha value is -1.30. The molecule has 6 nitrogen and oxygen atoms in total. The van der Waals surface area contributed by atoms with Crippen LogP contribution in [-0.4, -0.2) is 54.7 Å². The normalized spacial score (nSPS) is 18.5. The lowest BCUT2D eigenvalue weighted by atomic mass is 9.86. The Morgan fingerprint density at radius 1 is 1.29 bits per heavy atom. The van der Waals surface area contributed by atoms with Crippen LogP contribution in [-0.2, 0) is 4.79 Å². The smallest absolute Gasteiger partial charge is 0.314 e. The largest absolute Gasteiger partial charge is 0.481 e. The highest BCUT2D eigenvalue weighted by atomic mass is 16.4. The summed E-state index contributed by atoms with van der Waals surface area (Å²) in [6.45, 7) is 5.85. The van der Waals surface area contributed by atoms with E-state index in [1.54, 1.807) is 0 Å². The molecule has 6 heteroatoms. The number of carboxylic acid groups (broad SMARTS) is 1. The van der Waals surface area contributed by atoms with Gasteiger partial charge in [-0.2, -0.15) is 0 Å². The number of carbonyl (C=O) groups excluding carboxylic acids is 1. The van der Waals surface area contributed by atoms with Crippen LogP contribution in [0, 0.1) is 5.41 Å². The van der Waals surface area contributed by atoms with Crippen molar-refractivity contribution >= 4 is 12.0 Å². The van der Waals surface area contributed by atoms with Gasteiger partial charge in [0, 0.05) is 25.7 Å². The van der Waals surface area contributed by atoms with Gasteiger partial charge in [-0.25, -0.2) is 4.79 Å². The molecule has 1 rings (SSSR count). The monoisotopic (exact) mass is 299 g/mol. The highest BCUT2D eigenvalue weighted by Gasteiger charge is 2.41. The molecular formula is C15H29N3O3. The Bertz CT molecular complexity index is 354. The summed E-state index contributed by atoms with van der Waals surface area (Å²) in [5, 5.41) is 14.8. The molecule has 0 aromatic carbocycles. The molecule has 1 aliphatic carbocycles. The maximum Gasteiger partial charge on any atom is 0.314 e. The molecule has 0 bridgehead atoms. The van der Waals surface area contributed by atoms with Crippen molar-refractivity contribution in [2.45, 2.75) is 52.0 Å². The summed E-state index contributed by atoms with van der Waals surface area (Å²) in [7, 11) is 2.03. The Kier molecular flexibility index (Phi) is 6.95. The van der Waals surface area contributed by atoms with E-state index in [0.717, 1.165) is 25.8 Å². The van der Waals surface area contributed by atoms with Gasteiger partial charge in [0.15, 0.2) is 0 Å². The zero-order valence-electron chi connectivity index (χ0n) is 13.4. The molecule has 122 valence electrons. The fourth-order valence-corrected chi connectivity index (χ4v) is 2.71. The number of carboxylic acids is 1. The summed E-state index contributed by atoms with van der Waals surface area (Å²) >= 11 is 0. The Labute approximate surface area is 127 Å². The van der Waals surface area contributed by atoms with E-state index in [-0.39, 0.29) is 12.6 Å². The van der Waals surface area contributed by atoms with Gasteiger partial charge < -0.3 is 20.6 Å². The van der Waals surface area contributed by atoms with E-state index < -0.39 is 11.4 Å². The average Bonchev–Trinajstić information content (AvgIpc) is 2.94. The third-order valence-electron chi connectivity index (χ3n) is 4.70. The van der Waals surface area contributed by atoms with Crippen LogP contribution in [0.5, 0.6) is 0 Å². The maximum absolute atomic E-state index is 11.8. The molecule has 1 saturated carbocycles. The highest BCUT2D eigenvalue weighted by molar-refractivity contribution is 5.78. The number of hydrogen-bond donors (Lipinski definition) is 3. The van der Waals surface area contributed by atoms with Crippen LogP contribution in [0.2, 0.25) is 0 Å². The number of rotatable bonds is 8. The Morgan fingerprint density at radius 3 is 2.43 bits per heavy atom. The quantitative estimate of drug-likeness (QED) is 0.636. The zero-order valence-corrected chi connectivity index (χ0v) is 13.4.